The van der Waals surface area contributed by atoms with Crippen LogP contribution in [0.25, 0.3) is 0 Å². The zero-order valence-electron chi connectivity index (χ0n) is 15.0. The standard InChI is InChI=1S/C19H18ClFN2O4S/c1-23(10-17(24)22-14-8-6-13(21)7-9-14)18(25)11-27-19(26)12-28-16-5-3-2-4-15(16)20/h2-9H,10-12H2,1H3,(H,22,24). The quantitative estimate of drug-likeness (QED) is 0.520. The SMILES string of the molecule is CN(CC(=O)Nc1ccc(F)cc1)C(=O)COC(=O)CSc1ccccc1Cl. The van der Waals surface area contributed by atoms with Gasteiger partial charge in [-0.2, -0.15) is 0 Å². The lowest BCUT2D eigenvalue weighted by Gasteiger charge is -2.16. The predicted octanol–water partition coefficient (Wildman–Crippen LogP) is 3.21. The van der Waals surface area contributed by atoms with E-state index >= 15 is 0 Å². The second-order valence-electron chi connectivity index (χ2n) is 5.68. The Hall–Kier alpha value is -2.58. The van der Waals surface area contributed by atoms with Gasteiger partial charge in [-0.15, -0.1) is 11.8 Å². The molecule has 0 saturated carbocycles. The molecule has 0 bridgehead atoms. The Morgan fingerprint density at radius 1 is 1.14 bits per heavy atom. The summed E-state index contributed by atoms with van der Waals surface area (Å²) in [6.45, 7) is -0.704. The van der Waals surface area contributed by atoms with Gasteiger partial charge >= 0.3 is 5.97 Å². The number of amides is 2. The van der Waals surface area contributed by atoms with Gasteiger partial charge in [-0.05, 0) is 36.4 Å². The number of rotatable bonds is 8. The molecule has 0 aliphatic heterocycles. The van der Waals surface area contributed by atoms with Crippen molar-refractivity contribution in [3.8, 4) is 0 Å². The zero-order chi connectivity index (χ0) is 20.5. The Morgan fingerprint density at radius 2 is 1.82 bits per heavy atom. The van der Waals surface area contributed by atoms with E-state index in [1.165, 1.54) is 43.1 Å². The van der Waals surface area contributed by atoms with Crippen LogP contribution in [0.3, 0.4) is 0 Å². The highest BCUT2D eigenvalue weighted by atomic mass is 35.5. The van der Waals surface area contributed by atoms with Crippen LogP contribution in [0.15, 0.2) is 53.4 Å². The van der Waals surface area contributed by atoms with Gasteiger partial charge in [0.2, 0.25) is 5.91 Å². The average molecular weight is 425 g/mol. The van der Waals surface area contributed by atoms with Crippen LogP contribution >= 0.6 is 23.4 Å². The molecule has 0 aliphatic rings. The van der Waals surface area contributed by atoms with E-state index in [2.05, 4.69) is 5.32 Å². The second kappa shape index (κ2) is 10.7. The summed E-state index contributed by atoms with van der Waals surface area (Å²) < 4.78 is 17.8. The molecule has 2 rings (SSSR count). The molecule has 2 aromatic rings. The van der Waals surface area contributed by atoms with Crippen molar-refractivity contribution in [1.29, 1.82) is 0 Å². The third-order valence-corrected chi connectivity index (χ3v) is 4.96. The van der Waals surface area contributed by atoms with Crippen LogP contribution in [0, 0.1) is 5.82 Å². The van der Waals surface area contributed by atoms with Crippen LogP contribution in [-0.2, 0) is 19.1 Å². The lowest BCUT2D eigenvalue weighted by atomic mass is 10.3. The highest BCUT2D eigenvalue weighted by Crippen LogP contribution is 2.26. The highest BCUT2D eigenvalue weighted by molar-refractivity contribution is 8.00. The minimum atomic E-state index is -0.567. The Labute approximate surface area is 171 Å². The van der Waals surface area contributed by atoms with Crippen molar-refractivity contribution in [3.05, 3.63) is 59.4 Å². The largest absolute Gasteiger partial charge is 0.455 e. The Morgan fingerprint density at radius 3 is 2.50 bits per heavy atom. The van der Waals surface area contributed by atoms with Crippen molar-refractivity contribution in [1.82, 2.24) is 4.90 Å². The third-order valence-electron chi connectivity index (χ3n) is 3.47. The van der Waals surface area contributed by atoms with E-state index in [1.54, 1.807) is 24.3 Å². The van der Waals surface area contributed by atoms with E-state index in [9.17, 15) is 18.8 Å². The van der Waals surface area contributed by atoms with Crippen molar-refractivity contribution >= 4 is 46.8 Å². The summed E-state index contributed by atoms with van der Waals surface area (Å²) >= 11 is 7.21. The molecule has 6 nitrogen and oxygen atoms in total. The molecule has 148 valence electrons. The number of anilines is 1. The maximum absolute atomic E-state index is 12.8. The van der Waals surface area contributed by atoms with Crippen molar-refractivity contribution in [3.63, 3.8) is 0 Å². The topological polar surface area (TPSA) is 75.7 Å². The molecule has 9 heteroatoms. The lowest BCUT2D eigenvalue weighted by molar-refractivity contribution is -0.149. The van der Waals surface area contributed by atoms with Gasteiger partial charge in [0.05, 0.1) is 17.3 Å². The van der Waals surface area contributed by atoms with Gasteiger partial charge < -0.3 is 15.0 Å². The molecule has 0 unspecified atom stereocenters. The van der Waals surface area contributed by atoms with Crippen molar-refractivity contribution < 1.29 is 23.5 Å². The first-order chi connectivity index (χ1) is 13.3. The van der Waals surface area contributed by atoms with Crippen LogP contribution in [-0.4, -0.2) is 48.6 Å². The minimum absolute atomic E-state index is 0.00573. The molecule has 1 N–H and O–H groups in total. The molecular formula is C19H18ClFN2O4S. The first-order valence-electron chi connectivity index (χ1n) is 8.17. The van der Waals surface area contributed by atoms with Crippen LogP contribution in [0.4, 0.5) is 10.1 Å². The van der Waals surface area contributed by atoms with Gasteiger partial charge in [-0.3, -0.25) is 14.4 Å². The van der Waals surface area contributed by atoms with Crippen LogP contribution in [0.1, 0.15) is 0 Å². The monoisotopic (exact) mass is 424 g/mol. The molecule has 0 fully saturated rings. The molecule has 0 aromatic heterocycles. The van der Waals surface area contributed by atoms with Crippen molar-refractivity contribution in [2.24, 2.45) is 0 Å². The summed E-state index contributed by atoms with van der Waals surface area (Å²) in [5, 5.41) is 3.07. The summed E-state index contributed by atoms with van der Waals surface area (Å²) in [6.07, 6.45) is 0. The maximum Gasteiger partial charge on any atom is 0.316 e. The predicted molar refractivity (Wildman–Crippen MR) is 106 cm³/mol. The molecule has 0 radical (unpaired) electrons. The van der Waals surface area contributed by atoms with E-state index in [-0.39, 0.29) is 12.3 Å². The summed E-state index contributed by atoms with van der Waals surface area (Å²) in [7, 11) is 1.42. The number of carbonyl (C=O) groups is 3. The Bertz CT molecular complexity index is 848. The first-order valence-corrected chi connectivity index (χ1v) is 9.54. The fourth-order valence-corrected chi connectivity index (χ4v) is 3.07. The van der Waals surface area contributed by atoms with Crippen LogP contribution < -0.4 is 5.32 Å². The van der Waals surface area contributed by atoms with Gasteiger partial charge in [-0.1, -0.05) is 23.7 Å². The fourth-order valence-electron chi connectivity index (χ4n) is 2.03. The number of halogens is 2. The van der Waals surface area contributed by atoms with Gasteiger partial charge in [0.25, 0.3) is 5.91 Å². The second-order valence-corrected chi connectivity index (χ2v) is 7.11. The number of carbonyl (C=O) groups excluding carboxylic acids is 3. The number of nitrogens with one attached hydrogen (secondary N) is 1. The first kappa shape index (κ1) is 21.7. The summed E-state index contributed by atoms with van der Waals surface area (Å²) in [5.41, 5.74) is 0.412. The molecule has 0 saturated heterocycles. The smallest absolute Gasteiger partial charge is 0.316 e. The molecule has 0 heterocycles. The Kier molecular flexibility index (Phi) is 8.28. The van der Waals surface area contributed by atoms with Crippen LogP contribution in [0.5, 0.6) is 0 Å². The number of hydrogen-bond acceptors (Lipinski definition) is 5. The molecule has 0 spiro atoms. The number of likely N-dealkylation sites (N-methyl/N-ethyl adjacent to an activating group) is 1. The van der Waals surface area contributed by atoms with Crippen molar-refractivity contribution in [2.75, 3.05) is 31.3 Å². The number of benzene rings is 2. The average Bonchev–Trinajstić information content (AvgIpc) is 2.67. The van der Waals surface area contributed by atoms with Gasteiger partial charge in [0, 0.05) is 17.6 Å². The number of esters is 1. The fraction of sp³-hybridized carbons (Fsp3) is 0.211. The summed E-state index contributed by atoms with van der Waals surface area (Å²) in [4.78, 5) is 37.6. The highest BCUT2D eigenvalue weighted by Gasteiger charge is 2.16. The van der Waals surface area contributed by atoms with Gasteiger partial charge in [0.15, 0.2) is 6.61 Å². The number of hydrogen-bond donors (Lipinski definition) is 1. The maximum atomic E-state index is 12.8. The summed E-state index contributed by atoms with van der Waals surface area (Å²) in [5.74, 6) is -1.96. The summed E-state index contributed by atoms with van der Waals surface area (Å²) in [6, 6.07) is 12.3. The van der Waals surface area contributed by atoms with Gasteiger partial charge in [0.1, 0.15) is 5.82 Å². The van der Waals surface area contributed by atoms with E-state index < -0.39 is 30.2 Å². The third kappa shape index (κ3) is 7.21. The number of nitrogens with zero attached hydrogens (tertiary/aromatic N) is 1. The van der Waals surface area contributed by atoms with Gasteiger partial charge in [-0.25, -0.2) is 4.39 Å². The molecule has 0 aliphatic carbocycles. The minimum Gasteiger partial charge on any atom is -0.455 e. The van der Waals surface area contributed by atoms with Crippen LogP contribution in [0.2, 0.25) is 5.02 Å². The number of thioether (sulfide) groups is 1. The van der Waals surface area contributed by atoms with E-state index in [4.69, 9.17) is 16.3 Å². The molecule has 0 atom stereocenters. The van der Waals surface area contributed by atoms with E-state index in [1.807, 2.05) is 0 Å². The normalized spacial score (nSPS) is 10.2. The van der Waals surface area contributed by atoms with Crippen molar-refractivity contribution in [2.45, 2.75) is 4.90 Å². The molecule has 2 amide bonds. The molecular weight excluding hydrogens is 407 g/mol. The van der Waals surface area contributed by atoms with E-state index in [0.717, 1.165) is 9.80 Å². The Balaban J connectivity index is 1.71. The molecule has 28 heavy (non-hydrogen) atoms. The number of ether oxygens (including phenoxy) is 1. The zero-order valence-corrected chi connectivity index (χ0v) is 16.6. The lowest BCUT2D eigenvalue weighted by Crippen LogP contribution is -2.37. The van der Waals surface area contributed by atoms with E-state index in [0.29, 0.717) is 10.7 Å². The molecule has 2 aromatic carbocycles.